The fourth-order valence-corrected chi connectivity index (χ4v) is 2.08. The van der Waals surface area contributed by atoms with E-state index in [4.69, 9.17) is 19.4 Å². The topological polar surface area (TPSA) is 25.8 Å². The molecule has 2 aromatic carbocycles. The largest absolute Gasteiger partial charge is 0.223 e. The highest BCUT2D eigenvalue weighted by Gasteiger charge is 2.07. The van der Waals surface area contributed by atoms with Gasteiger partial charge < -0.3 is 0 Å². The second kappa shape index (κ2) is 4.43. The Labute approximate surface area is 111 Å². The first-order valence-corrected chi connectivity index (χ1v) is 5.90. The number of hydrogen-bond donors (Lipinski definition) is 0. The number of benzene rings is 2. The average Bonchev–Trinajstić information content (AvgIpc) is 2.38. The van der Waals surface area contributed by atoms with E-state index in [1.165, 1.54) is 0 Å². The second-order valence-electron chi connectivity index (χ2n) is 3.98. The Hall–Kier alpha value is -1.87. The Bertz CT molecular complexity index is 711. The Kier molecular flexibility index (Phi) is 2.76. The predicted molar refractivity (Wildman–Crippen MR) is 75.4 cm³/mol. The molecule has 0 bridgehead atoms. The fourth-order valence-electron chi connectivity index (χ4n) is 1.91. The molecule has 0 aliphatic heterocycles. The van der Waals surface area contributed by atoms with Crippen LogP contribution in [0.15, 0.2) is 48.5 Å². The van der Waals surface area contributed by atoms with Crippen LogP contribution in [0.3, 0.4) is 0 Å². The highest BCUT2D eigenvalue weighted by atomic mass is 35.5. The third-order valence-corrected chi connectivity index (χ3v) is 2.93. The van der Waals surface area contributed by atoms with Gasteiger partial charge in [0, 0.05) is 10.9 Å². The zero-order valence-electron chi connectivity index (χ0n) is 9.47. The zero-order valence-corrected chi connectivity index (χ0v) is 10.2. The van der Waals surface area contributed by atoms with Crippen molar-refractivity contribution in [3.8, 4) is 11.3 Å². The van der Waals surface area contributed by atoms with Gasteiger partial charge in [-0.15, -0.1) is 0 Å². The third kappa shape index (κ3) is 1.98. The zero-order chi connectivity index (χ0) is 12.5. The van der Waals surface area contributed by atoms with Crippen molar-refractivity contribution in [3.63, 3.8) is 0 Å². The molecule has 0 atom stereocenters. The molecule has 1 aromatic heterocycles. The van der Waals surface area contributed by atoms with E-state index < -0.39 is 0 Å². The molecular weight excluding hydrogens is 242 g/mol. The Morgan fingerprint density at radius 1 is 0.889 bits per heavy atom. The maximum atomic E-state index is 5.96. The number of para-hydroxylation sites is 1. The summed E-state index contributed by atoms with van der Waals surface area (Å²) < 4.78 is 0. The van der Waals surface area contributed by atoms with E-state index in [2.05, 4.69) is 9.97 Å². The average molecular weight is 250 g/mol. The van der Waals surface area contributed by atoms with Crippen LogP contribution in [-0.2, 0) is 0 Å². The minimum atomic E-state index is 0.250. The van der Waals surface area contributed by atoms with Crippen molar-refractivity contribution in [1.82, 2.24) is 9.97 Å². The van der Waals surface area contributed by atoms with Gasteiger partial charge in [0.25, 0.3) is 0 Å². The SMILES string of the molecule is [B]c1ccc(-c2nc(Cl)nc3ccccc23)cc1. The maximum absolute atomic E-state index is 5.96. The fraction of sp³-hybridized carbons (Fsp3) is 0. The van der Waals surface area contributed by atoms with Gasteiger partial charge in [-0.1, -0.05) is 47.9 Å². The van der Waals surface area contributed by atoms with Gasteiger partial charge in [-0.3, -0.25) is 0 Å². The molecule has 2 nitrogen and oxygen atoms in total. The molecule has 0 spiro atoms. The van der Waals surface area contributed by atoms with Gasteiger partial charge in [-0.2, -0.15) is 0 Å². The summed E-state index contributed by atoms with van der Waals surface area (Å²) >= 11 is 5.96. The van der Waals surface area contributed by atoms with E-state index in [0.29, 0.717) is 0 Å². The van der Waals surface area contributed by atoms with E-state index in [9.17, 15) is 0 Å². The lowest BCUT2D eigenvalue weighted by molar-refractivity contribution is 1.22. The molecule has 4 heteroatoms. The number of halogens is 1. The van der Waals surface area contributed by atoms with Crippen LogP contribution >= 0.6 is 11.6 Å². The quantitative estimate of drug-likeness (QED) is 0.490. The molecule has 18 heavy (non-hydrogen) atoms. The Morgan fingerprint density at radius 3 is 2.39 bits per heavy atom. The van der Waals surface area contributed by atoms with Gasteiger partial charge >= 0.3 is 0 Å². The molecule has 0 aliphatic rings. The van der Waals surface area contributed by atoms with Crippen LogP contribution in [0.4, 0.5) is 0 Å². The number of rotatable bonds is 1. The lowest BCUT2D eigenvalue weighted by Gasteiger charge is -2.06. The van der Waals surface area contributed by atoms with E-state index in [1.54, 1.807) is 0 Å². The summed E-state index contributed by atoms with van der Waals surface area (Å²) in [6.45, 7) is 0. The van der Waals surface area contributed by atoms with Crippen LogP contribution in [0.25, 0.3) is 22.2 Å². The first kappa shape index (κ1) is 11.2. The highest BCUT2D eigenvalue weighted by Crippen LogP contribution is 2.26. The van der Waals surface area contributed by atoms with Gasteiger partial charge in [0.05, 0.1) is 11.2 Å². The van der Waals surface area contributed by atoms with Crippen LogP contribution in [0, 0.1) is 0 Å². The van der Waals surface area contributed by atoms with Crippen molar-refractivity contribution in [1.29, 1.82) is 0 Å². The lowest BCUT2D eigenvalue weighted by Crippen LogP contribution is -2.00. The maximum Gasteiger partial charge on any atom is 0.223 e. The normalized spacial score (nSPS) is 10.7. The Balaban J connectivity index is 2.31. The number of nitrogens with zero attached hydrogens (tertiary/aromatic N) is 2. The Morgan fingerprint density at radius 2 is 1.61 bits per heavy atom. The van der Waals surface area contributed by atoms with Crippen molar-refractivity contribution in [2.24, 2.45) is 0 Å². The molecule has 84 valence electrons. The van der Waals surface area contributed by atoms with Gasteiger partial charge in [-0.25, -0.2) is 9.97 Å². The molecule has 0 aliphatic carbocycles. The lowest BCUT2D eigenvalue weighted by atomic mass is 9.94. The summed E-state index contributed by atoms with van der Waals surface area (Å²) in [7, 11) is 5.69. The van der Waals surface area contributed by atoms with Gasteiger partial charge in [0.1, 0.15) is 7.85 Å². The molecule has 1 heterocycles. The summed E-state index contributed by atoms with van der Waals surface area (Å²) in [5.41, 5.74) is 3.36. The highest BCUT2D eigenvalue weighted by molar-refractivity contribution is 6.32. The van der Waals surface area contributed by atoms with E-state index in [0.717, 1.165) is 27.6 Å². The number of fused-ring (bicyclic) bond motifs is 1. The monoisotopic (exact) mass is 250 g/mol. The van der Waals surface area contributed by atoms with Crippen LogP contribution in [0.2, 0.25) is 5.28 Å². The van der Waals surface area contributed by atoms with E-state index in [-0.39, 0.29) is 5.28 Å². The van der Waals surface area contributed by atoms with Crippen molar-refractivity contribution < 1.29 is 0 Å². The van der Waals surface area contributed by atoms with Crippen LogP contribution in [0.1, 0.15) is 0 Å². The molecular formula is C14H8BClN2. The summed E-state index contributed by atoms with van der Waals surface area (Å²) in [6.07, 6.45) is 0. The van der Waals surface area contributed by atoms with Crippen LogP contribution < -0.4 is 5.46 Å². The molecule has 2 radical (unpaired) electrons. The van der Waals surface area contributed by atoms with E-state index >= 15 is 0 Å². The van der Waals surface area contributed by atoms with Gasteiger partial charge in [0.2, 0.25) is 5.28 Å². The molecule has 0 saturated carbocycles. The molecule has 3 rings (SSSR count). The first-order valence-electron chi connectivity index (χ1n) is 5.52. The minimum absolute atomic E-state index is 0.250. The summed E-state index contributed by atoms with van der Waals surface area (Å²) in [6, 6.07) is 15.3. The van der Waals surface area contributed by atoms with Crippen molar-refractivity contribution >= 4 is 35.8 Å². The van der Waals surface area contributed by atoms with Crippen molar-refractivity contribution in [2.45, 2.75) is 0 Å². The molecule has 3 aromatic rings. The van der Waals surface area contributed by atoms with E-state index in [1.807, 2.05) is 48.5 Å². The molecule has 0 saturated heterocycles. The van der Waals surface area contributed by atoms with Crippen molar-refractivity contribution in [2.75, 3.05) is 0 Å². The first-order chi connectivity index (χ1) is 8.74. The minimum Gasteiger partial charge on any atom is -0.218 e. The molecule has 0 N–H and O–H groups in total. The summed E-state index contributed by atoms with van der Waals surface area (Å²) in [5.74, 6) is 0. The number of hydrogen-bond acceptors (Lipinski definition) is 2. The summed E-state index contributed by atoms with van der Waals surface area (Å²) in [4.78, 5) is 8.52. The smallest absolute Gasteiger partial charge is 0.218 e. The molecule has 0 unspecified atom stereocenters. The molecule has 0 fully saturated rings. The standard InChI is InChI=1S/C14H8BClN2/c15-10-7-5-9(6-8-10)13-11-3-1-2-4-12(11)17-14(16)18-13/h1-8H. The molecule has 0 amide bonds. The predicted octanol–water partition coefficient (Wildman–Crippen LogP) is 2.74. The third-order valence-electron chi connectivity index (χ3n) is 2.76. The van der Waals surface area contributed by atoms with Crippen LogP contribution in [-0.4, -0.2) is 17.8 Å². The van der Waals surface area contributed by atoms with Gasteiger partial charge in [0.15, 0.2) is 0 Å². The van der Waals surface area contributed by atoms with Crippen molar-refractivity contribution in [3.05, 3.63) is 53.8 Å². The summed E-state index contributed by atoms with van der Waals surface area (Å²) in [5, 5.41) is 1.23. The van der Waals surface area contributed by atoms with Crippen LogP contribution in [0.5, 0.6) is 0 Å². The number of aromatic nitrogens is 2. The second-order valence-corrected chi connectivity index (χ2v) is 4.32. The van der Waals surface area contributed by atoms with Gasteiger partial charge in [-0.05, 0) is 17.7 Å².